The number of carbonyl (C=O) groups is 1. The van der Waals surface area contributed by atoms with Gasteiger partial charge in [-0.3, -0.25) is 0 Å². The summed E-state index contributed by atoms with van der Waals surface area (Å²) in [6, 6.07) is 5.07. The average Bonchev–Trinajstić information content (AvgIpc) is 2.14. The van der Waals surface area contributed by atoms with E-state index in [2.05, 4.69) is 0 Å². The summed E-state index contributed by atoms with van der Waals surface area (Å²) >= 11 is 0. The highest BCUT2D eigenvalue weighted by Crippen LogP contribution is 2.31. The van der Waals surface area contributed by atoms with Gasteiger partial charge in [-0.15, -0.1) is 0 Å². The second kappa shape index (κ2) is 4.39. The predicted octanol–water partition coefficient (Wildman–Crippen LogP) is 2.79. The van der Waals surface area contributed by atoms with Crippen molar-refractivity contribution in [1.82, 2.24) is 0 Å². The Morgan fingerprint density at radius 3 is 2.44 bits per heavy atom. The lowest BCUT2D eigenvalue weighted by Gasteiger charge is -2.20. The molecule has 0 aliphatic rings. The summed E-state index contributed by atoms with van der Waals surface area (Å²) in [6.45, 7) is 5.98. The van der Waals surface area contributed by atoms with Crippen molar-refractivity contribution >= 4 is 12.0 Å². The summed E-state index contributed by atoms with van der Waals surface area (Å²) in [4.78, 5) is 10.4. The molecule has 0 bridgehead atoms. The Balaban J connectivity index is 3.13. The molecule has 1 aromatic carbocycles. The van der Waals surface area contributed by atoms with Gasteiger partial charge in [0, 0.05) is 6.08 Å². The lowest BCUT2D eigenvalue weighted by atomic mass is 9.85. The summed E-state index contributed by atoms with van der Waals surface area (Å²) in [6.07, 6.45) is 2.59. The van der Waals surface area contributed by atoms with Gasteiger partial charge in [0.2, 0.25) is 0 Å². The topological polar surface area (TPSA) is 57.5 Å². The molecule has 16 heavy (non-hydrogen) atoms. The number of hydrogen-bond acceptors (Lipinski definition) is 2. The second-order valence-electron chi connectivity index (χ2n) is 4.70. The minimum atomic E-state index is -0.981. The van der Waals surface area contributed by atoms with Crippen LogP contribution in [0.5, 0.6) is 5.75 Å². The summed E-state index contributed by atoms with van der Waals surface area (Å²) < 4.78 is 0. The predicted molar refractivity (Wildman–Crippen MR) is 63.5 cm³/mol. The van der Waals surface area contributed by atoms with E-state index >= 15 is 0 Å². The molecule has 0 atom stereocenters. The molecular weight excluding hydrogens is 204 g/mol. The Morgan fingerprint density at radius 2 is 1.94 bits per heavy atom. The fourth-order valence-corrected chi connectivity index (χ4v) is 1.43. The lowest BCUT2D eigenvalue weighted by molar-refractivity contribution is -0.131. The molecule has 1 rings (SSSR count). The van der Waals surface area contributed by atoms with Gasteiger partial charge < -0.3 is 10.2 Å². The highest BCUT2D eigenvalue weighted by molar-refractivity contribution is 5.85. The van der Waals surface area contributed by atoms with Crippen LogP contribution in [0.25, 0.3) is 6.08 Å². The first-order chi connectivity index (χ1) is 7.30. The van der Waals surface area contributed by atoms with Crippen molar-refractivity contribution in [3.05, 3.63) is 35.4 Å². The summed E-state index contributed by atoms with van der Waals surface area (Å²) in [7, 11) is 0. The molecule has 0 aromatic heterocycles. The number of benzene rings is 1. The number of rotatable bonds is 2. The molecule has 0 unspecified atom stereocenters. The van der Waals surface area contributed by atoms with E-state index < -0.39 is 5.97 Å². The quantitative estimate of drug-likeness (QED) is 0.753. The van der Waals surface area contributed by atoms with Crippen LogP contribution in [0.3, 0.4) is 0 Å². The zero-order valence-electron chi connectivity index (χ0n) is 9.69. The Hall–Kier alpha value is -1.77. The number of hydrogen-bond donors (Lipinski definition) is 2. The third-order valence-corrected chi connectivity index (χ3v) is 2.25. The zero-order chi connectivity index (χ0) is 12.3. The molecule has 0 saturated carbocycles. The molecule has 0 fully saturated rings. The molecule has 0 saturated heterocycles. The largest absolute Gasteiger partial charge is 0.508 e. The number of carboxylic acid groups (broad SMARTS) is 1. The molecule has 1 aromatic rings. The molecule has 0 aliphatic carbocycles. The van der Waals surface area contributed by atoms with E-state index in [4.69, 9.17) is 5.11 Å². The van der Waals surface area contributed by atoms with Crippen LogP contribution < -0.4 is 0 Å². The Morgan fingerprint density at radius 1 is 1.31 bits per heavy atom. The SMILES string of the molecule is CC(C)(C)c1cc(/C=C/C(=O)O)ccc1O. The minimum absolute atomic E-state index is 0.169. The first-order valence-corrected chi connectivity index (χ1v) is 5.05. The summed E-state index contributed by atoms with van der Waals surface area (Å²) in [5.41, 5.74) is 1.40. The van der Waals surface area contributed by atoms with E-state index in [0.29, 0.717) is 0 Å². The molecule has 3 nitrogen and oxygen atoms in total. The van der Waals surface area contributed by atoms with Gasteiger partial charge in [0.15, 0.2) is 0 Å². The van der Waals surface area contributed by atoms with Gasteiger partial charge in [0.25, 0.3) is 0 Å². The average molecular weight is 220 g/mol. The van der Waals surface area contributed by atoms with Crippen molar-refractivity contribution in [2.45, 2.75) is 26.2 Å². The van der Waals surface area contributed by atoms with Gasteiger partial charge in [-0.05, 0) is 34.8 Å². The molecule has 0 heterocycles. The number of phenolic OH excluding ortho intramolecular Hbond substituents is 1. The lowest BCUT2D eigenvalue weighted by Crippen LogP contribution is -2.11. The third-order valence-electron chi connectivity index (χ3n) is 2.25. The number of carboxylic acids is 1. The maximum Gasteiger partial charge on any atom is 0.328 e. The molecule has 2 N–H and O–H groups in total. The summed E-state index contributed by atoms with van der Waals surface area (Å²) in [5, 5.41) is 18.2. The second-order valence-corrected chi connectivity index (χ2v) is 4.70. The van der Waals surface area contributed by atoms with Gasteiger partial charge >= 0.3 is 5.97 Å². The molecule has 0 aliphatic heterocycles. The smallest absolute Gasteiger partial charge is 0.328 e. The van der Waals surface area contributed by atoms with Crippen LogP contribution in [0.2, 0.25) is 0 Å². The van der Waals surface area contributed by atoms with E-state index in [0.717, 1.165) is 17.2 Å². The first kappa shape index (κ1) is 12.3. The van der Waals surface area contributed by atoms with E-state index in [1.54, 1.807) is 18.2 Å². The van der Waals surface area contributed by atoms with Gasteiger partial charge in [-0.25, -0.2) is 4.79 Å². The van der Waals surface area contributed by atoms with E-state index in [9.17, 15) is 9.90 Å². The van der Waals surface area contributed by atoms with E-state index in [-0.39, 0.29) is 11.2 Å². The molecule has 3 heteroatoms. The first-order valence-electron chi connectivity index (χ1n) is 5.05. The maximum absolute atomic E-state index is 10.4. The van der Waals surface area contributed by atoms with E-state index in [1.807, 2.05) is 20.8 Å². The van der Waals surface area contributed by atoms with Gasteiger partial charge in [-0.2, -0.15) is 0 Å². The number of phenols is 1. The van der Waals surface area contributed by atoms with Gasteiger partial charge in [0.05, 0.1) is 0 Å². The monoisotopic (exact) mass is 220 g/mol. The van der Waals surface area contributed by atoms with Crippen molar-refractivity contribution < 1.29 is 15.0 Å². The van der Waals surface area contributed by atoms with Crippen molar-refractivity contribution in [1.29, 1.82) is 0 Å². The molecule has 0 amide bonds. The van der Waals surface area contributed by atoms with Crippen LogP contribution >= 0.6 is 0 Å². The van der Waals surface area contributed by atoms with E-state index in [1.165, 1.54) is 6.08 Å². The summed E-state index contributed by atoms with van der Waals surface area (Å²) in [5.74, 6) is -0.745. The maximum atomic E-state index is 10.4. The van der Waals surface area contributed by atoms with Crippen molar-refractivity contribution in [2.24, 2.45) is 0 Å². The van der Waals surface area contributed by atoms with Crippen LogP contribution in [0.15, 0.2) is 24.3 Å². The van der Waals surface area contributed by atoms with Crippen LogP contribution in [0.1, 0.15) is 31.9 Å². The van der Waals surface area contributed by atoms with Crippen LogP contribution in [-0.2, 0) is 10.2 Å². The van der Waals surface area contributed by atoms with Crippen LogP contribution in [0.4, 0.5) is 0 Å². The Labute approximate surface area is 95.0 Å². The molecule has 0 spiro atoms. The fourth-order valence-electron chi connectivity index (χ4n) is 1.43. The standard InChI is InChI=1S/C13H16O3/c1-13(2,3)10-8-9(4-6-11(10)14)5-7-12(15)16/h4-8,14H,1-3H3,(H,15,16)/b7-5+. The van der Waals surface area contributed by atoms with Crippen molar-refractivity contribution in [2.75, 3.05) is 0 Å². The number of aromatic hydroxyl groups is 1. The molecule has 86 valence electrons. The normalized spacial score (nSPS) is 11.9. The van der Waals surface area contributed by atoms with Crippen molar-refractivity contribution in [3.63, 3.8) is 0 Å². The van der Waals surface area contributed by atoms with Gasteiger partial charge in [-0.1, -0.05) is 26.8 Å². The van der Waals surface area contributed by atoms with Crippen LogP contribution in [0, 0.1) is 0 Å². The molecular formula is C13H16O3. The third kappa shape index (κ3) is 3.12. The fraction of sp³-hybridized carbons (Fsp3) is 0.308. The highest BCUT2D eigenvalue weighted by Gasteiger charge is 2.17. The van der Waals surface area contributed by atoms with Gasteiger partial charge in [0.1, 0.15) is 5.75 Å². The van der Waals surface area contributed by atoms with Crippen molar-refractivity contribution in [3.8, 4) is 5.75 Å². The Kier molecular flexibility index (Phi) is 3.38. The number of aliphatic carboxylic acids is 1. The highest BCUT2D eigenvalue weighted by atomic mass is 16.4. The molecule has 0 radical (unpaired) electrons. The zero-order valence-corrected chi connectivity index (χ0v) is 9.69. The Bertz CT molecular complexity index is 425. The van der Waals surface area contributed by atoms with Crippen LogP contribution in [-0.4, -0.2) is 16.2 Å². The minimum Gasteiger partial charge on any atom is -0.508 e.